The molecule has 0 aromatic heterocycles. The fraction of sp³-hybridized carbons (Fsp3) is 0.818. The third-order valence-corrected chi connectivity index (χ3v) is 2.40. The van der Waals surface area contributed by atoms with E-state index in [1.54, 1.807) is 34.6 Å². The first-order chi connectivity index (χ1) is 7.54. The monoisotopic (exact) mass is 244 g/mol. The molecule has 1 heterocycles. The molecular formula is C11H20N2O4. The van der Waals surface area contributed by atoms with Crippen molar-refractivity contribution in [3.05, 3.63) is 0 Å². The fourth-order valence-electron chi connectivity index (χ4n) is 1.67. The number of hydrogen-bond acceptors (Lipinski definition) is 4. The zero-order valence-electron chi connectivity index (χ0n) is 10.9. The molecule has 2 N–H and O–H groups in total. The molecule has 0 bridgehead atoms. The second kappa shape index (κ2) is 4.18. The first kappa shape index (κ1) is 13.8. The lowest BCUT2D eigenvalue weighted by molar-refractivity contribution is -0.123. The molecule has 1 unspecified atom stereocenters. The van der Waals surface area contributed by atoms with Gasteiger partial charge in [0.1, 0.15) is 17.4 Å². The Morgan fingerprint density at radius 1 is 1.41 bits per heavy atom. The summed E-state index contributed by atoms with van der Waals surface area (Å²) in [5, 5.41) is 0. The quantitative estimate of drug-likeness (QED) is 0.741. The number of amides is 2. The third-order valence-electron chi connectivity index (χ3n) is 2.40. The zero-order chi connectivity index (χ0) is 13.4. The maximum Gasteiger partial charge on any atom is 0.413 e. The predicted octanol–water partition coefficient (Wildman–Crippen LogP) is 0.844. The lowest BCUT2D eigenvalue weighted by atomic mass is 10.2. The summed E-state index contributed by atoms with van der Waals surface area (Å²) in [4.78, 5) is 24.5. The second-order valence-electron chi connectivity index (χ2n) is 5.53. The van der Waals surface area contributed by atoms with Crippen LogP contribution in [0.25, 0.3) is 0 Å². The number of rotatable bonds is 1. The third kappa shape index (κ3) is 3.09. The molecule has 98 valence electrons. The Balaban J connectivity index is 2.90. The van der Waals surface area contributed by atoms with Gasteiger partial charge in [-0.1, -0.05) is 0 Å². The van der Waals surface area contributed by atoms with Crippen LogP contribution in [0.1, 0.15) is 34.6 Å². The molecule has 17 heavy (non-hydrogen) atoms. The number of hydrogen-bond donors (Lipinski definition) is 1. The largest absolute Gasteiger partial charge is 0.444 e. The molecule has 1 aliphatic rings. The summed E-state index contributed by atoms with van der Waals surface area (Å²) in [7, 11) is 0. The van der Waals surface area contributed by atoms with E-state index in [2.05, 4.69) is 0 Å². The molecule has 1 fully saturated rings. The van der Waals surface area contributed by atoms with Crippen LogP contribution in [0.2, 0.25) is 0 Å². The van der Waals surface area contributed by atoms with Gasteiger partial charge in [-0.3, -0.25) is 9.69 Å². The van der Waals surface area contributed by atoms with Crippen LogP contribution < -0.4 is 5.73 Å². The highest BCUT2D eigenvalue weighted by atomic mass is 16.6. The molecule has 1 aliphatic heterocycles. The lowest BCUT2D eigenvalue weighted by Gasteiger charge is -2.34. The van der Waals surface area contributed by atoms with Gasteiger partial charge in [0, 0.05) is 0 Å². The number of carbonyl (C=O) groups is 2. The molecule has 0 spiro atoms. The van der Waals surface area contributed by atoms with Crippen molar-refractivity contribution in [2.75, 3.05) is 6.61 Å². The van der Waals surface area contributed by atoms with E-state index < -0.39 is 29.4 Å². The van der Waals surface area contributed by atoms with Crippen molar-refractivity contribution in [1.82, 2.24) is 4.90 Å². The van der Waals surface area contributed by atoms with Crippen molar-refractivity contribution in [2.45, 2.75) is 52.0 Å². The first-order valence-corrected chi connectivity index (χ1v) is 5.50. The van der Waals surface area contributed by atoms with Crippen molar-refractivity contribution in [3.63, 3.8) is 0 Å². The Hall–Kier alpha value is -1.30. The summed E-state index contributed by atoms with van der Waals surface area (Å²) in [5.41, 5.74) is 3.73. The van der Waals surface area contributed by atoms with Crippen molar-refractivity contribution in [2.24, 2.45) is 5.73 Å². The van der Waals surface area contributed by atoms with E-state index >= 15 is 0 Å². The lowest BCUT2D eigenvalue weighted by Crippen LogP contribution is -2.53. The second-order valence-corrected chi connectivity index (χ2v) is 5.53. The number of nitrogens with two attached hydrogens (primary N) is 1. The van der Waals surface area contributed by atoms with Crippen LogP contribution in [0.3, 0.4) is 0 Å². The van der Waals surface area contributed by atoms with E-state index in [1.165, 1.54) is 4.90 Å². The van der Waals surface area contributed by atoms with Crippen LogP contribution in [-0.4, -0.2) is 40.9 Å². The molecule has 0 aliphatic carbocycles. The molecule has 0 radical (unpaired) electrons. The van der Waals surface area contributed by atoms with Crippen LogP contribution in [-0.2, 0) is 14.3 Å². The summed E-state index contributed by atoms with van der Waals surface area (Å²) in [6.07, 6.45) is -0.594. The van der Waals surface area contributed by atoms with Crippen molar-refractivity contribution >= 4 is 12.0 Å². The van der Waals surface area contributed by atoms with Crippen LogP contribution in [0, 0.1) is 0 Å². The Morgan fingerprint density at radius 2 is 1.94 bits per heavy atom. The zero-order valence-corrected chi connectivity index (χ0v) is 10.9. The minimum absolute atomic E-state index is 0.0988. The normalized spacial score (nSPS) is 23.6. The van der Waals surface area contributed by atoms with E-state index in [1.807, 2.05) is 0 Å². The summed E-state index contributed by atoms with van der Waals surface area (Å²) >= 11 is 0. The van der Waals surface area contributed by atoms with Crippen molar-refractivity contribution in [1.29, 1.82) is 0 Å². The molecule has 0 saturated carbocycles. The Morgan fingerprint density at radius 3 is 2.35 bits per heavy atom. The van der Waals surface area contributed by atoms with Gasteiger partial charge in [-0.05, 0) is 34.6 Å². The summed E-state index contributed by atoms with van der Waals surface area (Å²) in [6.45, 7) is 8.76. The Kier molecular flexibility index (Phi) is 3.38. The minimum atomic E-state index is -0.887. The highest BCUT2D eigenvalue weighted by Gasteiger charge is 2.48. The van der Waals surface area contributed by atoms with E-state index in [9.17, 15) is 9.59 Å². The summed E-state index contributed by atoms with van der Waals surface area (Å²) < 4.78 is 10.6. The molecule has 0 aromatic carbocycles. The minimum Gasteiger partial charge on any atom is -0.444 e. The van der Waals surface area contributed by atoms with Crippen LogP contribution in [0.5, 0.6) is 0 Å². The van der Waals surface area contributed by atoms with Gasteiger partial charge in [-0.2, -0.15) is 0 Å². The standard InChI is InChI=1S/C11H20N2O4/c1-10(2,3)17-9(15)13-7(8(12)14)6-16-11(13,4)5/h7H,6H2,1-5H3,(H2,12,14). The van der Waals surface area contributed by atoms with Gasteiger partial charge >= 0.3 is 6.09 Å². The van der Waals surface area contributed by atoms with Gasteiger partial charge in [-0.15, -0.1) is 0 Å². The van der Waals surface area contributed by atoms with Crippen molar-refractivity contribution in [3.8, 4) is 0 Å². The van der Waals surface area contributed by atoms with E-state index in [-0.39, 0.29) is 6.61 Å². The van der Waals surface area contributed by atoms with Crippen LogP contribution in [0.4, 0.5) is 4.79 Å². The number of nitrogens with zero attached hydrogens (tertiary/aromatic N) is 1. The average Bonchev–Trinajstić information content (AvgIpc) is 2.37. The maximum atomic E-state index is 12.0. The molecule has 1 rings (SSSR count). The molecule has 2 amide bonds. The summed E-state index contributed by atoms with van der Waals surface area (Å²) in [5.74, 6) is -0.596. The molecule has 1 atom stereocenters. The van der Waals surface area contributed by atoms with Gasteiger partial charge in [0.25, 0.3) is 0 Å². The number of carbonyl (C=O) groups excluding carboxylic acids is 2. The van der Waals surface area contributed by atoms with Crippen molar-refractivity contribution < 1.29 is 19.1 Å². The van der Waals surface area contributed by atoms with E-state index in [0.29, 0.717) is 0 Å². The first-order valence-electron chi connectivity index (χ1n) is 5.50. The van der Waals surface area contributed by atoms with Gasteiger partial charge < -0.3 is 15.2 Å². The number of primary amides is 1. The van der Waals surface area contributed by atoms with E-state index in [4.69, 9.17) is 15.2 Å². The van der Waals surface area contributed by atoms with Gasteiger partial charge in [0.05, 0.1) is 6.61 Å². The molecular weight excluding hydrogens is 224 g/mol. The number of ether oxygens (including phenoxy) is 2. The van der Waals surface area contributed by atoms with Crippen LogP contribution >= 0.6 is 0 Å². The summed E-state index contributed by atoms with van der Waals surface area (Å²) in [6, 6.07) is -0.778. The molecule has 1 saturated heterocycles. The molecule has 0 aromatic rings. The van der Waals surface area contributed by atoms with Gasteiger partial charge in [0.2, 0.25) is 5.91 Å². The highest BCUT2D eigenvalue weighted by molar-refractivity contribution is 5.85. The smallest absolute Gasteiger partial charge is 0.413 e. The Bertz CT molecular complexity index is 333. The maximum absolute atomic E-state index is 12.0. The fourth-order valence-corrected chi connectivity index (χ4v) is 1.67. The topological polar surface area (TPSA) is 81.9 Å². The molecule has 6 nitrogen and oxygen atoms in total. The van der Waals surface area contributed by atoms with Crippen LogP contribution in [0.15, 0.2) is 0 Å². The molecule has 6 heteroatoms. The SMILES string of the molecule is CC(C)(C)OC(=O)N1C(C(N)=O)COC1(C)C. The van der Waals surface area contributed by atoms with Gasteiger partial charge in [-0.25, -0.2) is 4.79 Å². The highest BCUT2D eigenvalue weighted by Crippen LogP contribution is 2.29. The predicted molar refractivity (Wildman–Crippen MR) is 61.1 cm³/mol. The Labute approximate surface area is 101 Å². The van der Waals surface area contributed by atoms with Gasteiger partial charge in [0.15, 0.2) is 0 Å². The van der Waals surface area contributed by atoms with E-state index in [0.717, 1.165) is 0 Å². The average molecular weight is 244 g/mol.